The Morgan fingerprint density at radius 1 is 1.31 bits per heavy atom. The SMILES string of the molecule is CO[C@H](c1ccc(N(C)C)cc1)[C@H](N)CF. The highest BCUT2D eigenvalue weighted by molar-refractivity contribution is 5.46. The summed E-state index contributed by atoms with van der Waals surface area (Å²) in [6, 6.07) is 7.15. The van der Waals surface area contributed by atoms with E-state index in [1.165, 1.54) is 0 Å². The minimum Gasteiger partial charge on any atom is -0.378 e. The van der Waals surface area contributed by atoms with Crippen molar-refractivity contribution >= 4 is 5.69 Å². The van der Waals surface area contributed by atoms with Crippen molar-refractivity contribution in [3.05, 3.63) is 29.8 Å². The first-order valence-electron chi connectivity index (χ1n) is 5.21. The second-order valence-electron chi connectivity index (χ2n) is 3.96. The zero-order chi connectivity index (χ0) is 12.1. The summed E-state index contributed by atoms with van der Waals surface area (Å²) < 4.78 is 17.7. The Labute approximate surface area is 96.0 Å². The average molecular weight is 226 g/mol. The van der Waals surface area contributed by atoms with Crippen LogP contribution in [0.2, 0.25) is 0 Å². The molecule has 0 aromatic heterocycles. The second kappa shape index (κ2) is 5.82. The van der Waals surface area contributed by atoms with Gasteiger partial charge in [-0.15, -0.1) is 0 Å². The van der Waals surface area contributed by atoms with Gasteiger partial charge in [0.1, 0.15) is 6.67 Å². The molecule has 0 aliphatic rings. The summed E-state index contributed by atoms with van der Waals surface area (Å²) in [6.45, 7) is -0.589. The van der Waals surface area contributed by atoms with Crippen LogP contribution in [-0.2, 0) is 4.74 Å². The molecule has 90 valence electrons. The van der Waals surface area contributed by atoms with E-state index in [0.29, 0.717) is 0 Å². The van der Waals surface area contributed by atoms with Gasteiger partial charge in [0.15, 0.2) is 0 Å². The topological polar surface area (TPSA) is 38.5 Å². The summed E-state index contributed by atoms with van der Waals surface area (Å²) in [5, 5.41) is 0. The van der Waals surface area contributed by atoms with Crippen LogP contribution in [-0.4, -0.2) is 33.9 Å². The molecule has 0 fully saturated rings. The molecule has 4 heteroatoms. The molecule has 0 spiro atoms. The van der Waals surface area contributed by atoms with E-state index < -0.39 is 12.7 Å². The number of ether oxygens (including phenoxy) is 1. The first-order valence-corrected chi connectivity index (χ1v) is 5.21. The van der Waals surface area contributed by atoms with Crippen molar-refractivity contribution in [1.29, 1.82) is 0 Å². The van der Waals surface area contributed by atoms with Crippen molar-refractivity contribution in [2.75, 3.05) is 32.8 Å². The standard InChI is InChI=1S/C12H19FN2O/c1-15(2)10-6-4-9(5-7-10)12(16-3)11(14)8-13/h4-7,11-12H,8,14H2,1-3H3/t11-,12-/m1/s1. The Hall–Kier alpha value is -1.13. The molecular weight excluding hydrogens is 207 g/mol. The summed E-state index contributed by atoms with van der Waals surface area (Å²) >= 11 is 0. The fourth-order valence-electron chi connectivity index (χ4n) is 1.60. The molecular formula is C12H19FN2O. The molecule has 0 aliphatic carbocycles. The summed E-state index contributed by atoms with van der Waals surface area (Å²) in [4.78, 5) is 2.00. The van der Waals surface area contributed by atoms with Gasteiger partial charge in [0.2, 0.25) is 0 Å². The van der Waals surface area contributed by atoms with E-state index in [9.17, 15) is 4.39 Å². The van der Waals surface area contributed by atoms with Gasteiger partial charge in [0.05, 0.1) is 12.1 Å². The second-order valence-corrected chi connectivity index (χ2v) is 3.96. The third-order valence-electron chi connectivity index (χ3n) is 2.56. The molecule has 2 N–H and O–H groups in total. The fraction of sp³-hybridized carbons (Fsp3) is 0.500. The van der Waals surface area contributed by atoms with Gasteiger partial charge in [-0.25, -0.2) is 4.39 Å². The Morgan fingerprint density at radius 2 is 1.88 bits per heavy atom. The molecule has 3 nitrogen and oxygen atoms in total. The third kappa shape index (κ3) is 2.93. The smallest absolute Gasteiger partial charge is 0.107 e. The van der Waals surface area contributed by atoms with Gasteiger partial charge in [-0.1, -0.05) is 12.1 Å². The van der Waals surface area contributed by atoms with Crippen molar-refractivity contribution in [3.8, 4) is 0 Å². The van der Waals surface area contributed by atoms with Gasteiger partial charge in [-0.3, -0.25) is 0 Å². The zero-order valence-electron chi connectivity index (χ0n) is 9.98. The number of methoxy groups -OCH3 is 1. The van der Waals surface area contributed by atoms with Crippen LogP contribution in [0, 0.1) is 0 Å². The molecule has 1 aromatic rings. The van der Waals surface area contributed by atoms with E-state index in [1.54, 1.807) is 7.11 Å². The number of nitrogens with zero attached hydrogens (tertiary/aromatic N) is 1. The quantitative estimate of drug-likeness (QED) is 0.831. The van der Waals surface area contributed by atoms with Gasteiger partial charge < -0.3 is 15.4 Å². The number of hydrogen-bond donors (Lipinski definition) is 1. The monoisotopic (exact) mass is 226 g/mol. The molecule has 0 bridgehead atoms. The third-order valence-corrected chi connectivity index (χ3v) is 2.56. The molecule has 0 aliphatic heterocycles. The Balaban J connectivity index is 2.86. The van der Waals surface area contributed by atoms with E-state index in [-0.39, 0.29) is 6.10 Å². The molecule has 0 radical (unpaired) electrons. The van der Waals surface area contributed by atoms with Crippen LogP contribution < -0.4 is 10.6 Å². The normalized spacial score (nSPS) is 14.6. The lowest BCUT2D eigenvalue weighted by Crippen LogP contribution is -2.31. The number of alkyl halides is 1. The Bertz CT molecular complexity index is 313. The number of benzene rings is 1. The van der Waals surface area contributed by atoms with Crippen LogP contribution in [0.4, 0.5) is 10.1 Å². The maximum absolute atomic E-state index is 12.5. The molecule has 0 unspecified atom stereocenters. The van der Waals surface area contributed by atoms with E-state index in [0.717, 1.165) is 11.3 Å². The lowest BCUT2D eigenvalue weighted by Gasteiger charge is -2.21. The van der Waals surface area contributed by atoms with Crippen molar-refractivity contribution < 1.29 is 9.13 Å². The first-order chi connectivity index (χ1) is 7.60. The summed E-state index contributed by atoms with van der Waals surface area (Å²) in [6.07, 6.45) is -0.388. The fourth-order valence-corrected chi connectivity index (χ4v) is 1.60. The highest BCUT2D eigenvalue weighted by Gasteiger charge is 2.19. The molecule has 16 heavy (non-hydrogen) atoms. The molecule has 0 saturated heterocycles. The van der Waals surface area contributed by atoms with Gasteiger partial charge in [-0.05, 0) is 17.7 Å². The molecule has 0 amide bonds. The van der Waals surface area contributed by atoms with Crippen LogP contribution in [0.1, 0.15) is 11.7 Å². The number of nitrogens with two attached hydrogens (primary N) is 1. The average Bonchev–Trinajstić information content (AvgIpc) is 2.30. The molecule has 1 aromatic carbocycles. The largest absolute Gasteiger partial charge is 0.378 e. The van der Waals surface area contributed by atoms with Gasteiger partial charge in [0, 0.05) is 26.9 Å². The van der Waals surface area contributed by atoms with Crippen LogP contribution >= 0.6 is 0 Å². The number of anilines is 1. The van der Waals surface area contributed by atoms with Crippen LogP contribution in [0.3, 0.4) is 0 Å². The maximum atomic E-state index is 12.5. The maximum Gasteiger partial charge on any atom is 0.107 e. The van der Waals surface area contributed by atoms with Crippen LogP contribution in [0.25, 0.3) is 0 Å². The Morgan fingerprint density at radius 3 is 2.25 bits per heavy atom. The molecule has 0 heterocycles. The summed E-state index contributed by atoms with van der Waals surface area (Å²) in [5.41, 5.74) is 7.64. The predicted octanol–water partition coefficient (Wildman–Crippen LogP) is 1.74. The van der Waals surface area contributed by atoms with Crippen molar-refractivity contribution in [2.24, 2.45) is 5.73 Å². The van der Waals surface area contributed by atoms with Crippen molar-refractivity contribution in [1.82, 2.24) is 0 Å². The number of rotatable bonds is 5. The molecule has 2 atom stereocenters. The highest BCUT2D eigenvalue weighted by atomic mass is 19.1. The Kier molecular flexibility index (Phi) is 4.71. The van der Waals surface area contributed by atoms with Crippen LogP contribution in [0.15, 0.2) is 24.3 Å². The van der Waals surface area contributed by atoms with Gasteiger partial charge in [0.25, 0.3) is 0 Å². The number of hydrogen-bond acceptors (Lipinski definition) is 3. The minimum absolute atomic E-state index is 0.388. The lowest BCUT2D eigenvalue weighted by atomic mass is 10.0. The van der Waals surface area contributed by atoms with E-state index >= 15 is 0 Å². The van der Waals surface area contributed by atoms with Gasteiger partial charge in [-0.2, -0.15) is 0 Å². The van der Waals surface area contributed by atoms with Crippen molar-refractivity contribution in [2.45, 2.75) is 12.1 Å². The summed E-state index contributed by atoms with van der Waals surface area (Å²) in [7, 11) is 5.48. The number of halogens is 1. The van der Waals surface area contributed by atoms with E-state index in [2.05, 4.69) is 0 Å². The molecule has 0 saturated carbocycles. The van der Waals surface area contributed by atoms with Crippen LogP contribution in [0.5, 0.6) is 0 Å². The first kappa shape index (κ1) is 12.9. The summed E-state index contributed by atoms with van der Waals surface area (Å²) in [5.74, 6) is 0. The van der Waals surface area contributed by atoms with Crippen molar-refractivity contribution in [3.63, 3.8) is 0 Å². The lowest BCUT2D eigenvalue weighted by molar-refractivity contribution is 0.0721. The minimum atomic E-state index is -0.616. The van der Waals surface area contributed by atoms with E-state index in [4.69, 9.17) is 10.5 Å². The molecule has 1 rings (SSSR count). The van der Waals surface area contributed by atoms with Gasteiger partial charge >= 0.3 is 0 Å². The highest BCUT2D eigenvalue weighted by Crippen LogP contribution is 2.22. The zero-order valence-corrected chi connectivity index (χ0v) is 9.98. The van der Waals surface area contributed by atoms with E-state index in [1.807, 2.05) is 43.3 Å². The predicted molar refractivity (Wildman–Crippen MR) is 64.5 cm³/mol.